The molecule has 132 valence electrons. The van der Waals surface area contributed by atoms with Gasteiger partial charge in [-0.2, -0.15) is 0 Å². The number of methoxy groups -OCH3 is 1. The fraction of sp³-hybridized carbons (Fsp3) is 0.222. The molecule has 0 saturated heterocycles. The molecule has 0 unspecified atom stereocenters. The van der Waals surface area contributed by atoms with Crippen molar-refractivity contribution in [3.8, 4) is 11.5 Å². The average Bonchev–Trinajstić information content (AvgIpc) is 2.64. The van der Waals surface area contributed by atoms with Crippen LogP contribution in [0.1, 0.15) is 10.4 Å². The van der Waals surface area contributed by atoms with E-state index in [1.54, 1.807) is 12.1 Å². The number of esters is 1. The van der Waals surface area contributed by atoms with E-state index in [1.807, 2.05) is 18.2 Å². The molecule has 0 bridgehead atoms. The van der Waals surface area contributed by atoms with E-state index in [1.165, 1.54) is 19.2 Å². The topological polar surface area (TPSA) is 73.9 Å². The number of carbonyl (C=O) groups excluding carboxylic acids is 2. The number of hydrogen-bond acceptors (Lipinski definition) is 5. The molecular formula is C18H18FNO5. The van der Waals surface area contributed by atoms with Crippen molar-refractivity contribution in [3.05, 3.63) is 59.9 Å². The molecule has 7 heteroatoms. The predicted molar refractivity (Wildman–Crippen MR) is 88.2 cm³/mol. The van der Waals surface area contributed by atoms with Gasteiger partial charge in [0.2, 0.25) is 0 Å². The first-order valence-electron chi connectivity index (χ1n) is 7.55. The number of hydrogen-bond donors (Lipinski definition) is 1. The van der Waals surface area contributed by atoms with E-state index in [4.69, 9.17) is 14.2 Å². The van der Waals surface area contributed by atoms with Gasteiger partial charge in [0.25, 0.3) is 5.91 Å². The highest BCUT2D eigenvalue weighted by molar-refractivity contribution is 5.91. The Morgan fingerprint density at radius 1 is 1.12 bits per heavy atom. The number of amides is 1. The van der Waals surface area contributed by atoms with Gasteiger partial charge in [-0.3, -0.25) is 4.79 Å². The first-order valence-corrected chi connectivity index (χ1v) is 7.55. The van der Waals surface area contributed by atoms with Crippen molar-refractivity contribution in [2.75, 3.05) is 26.9 Å². The van der Waals surface area contributed by atoms with E-state index in [2.05, 4.69) is 5.32 Å². The molecule has 2 aromatic rings. The van der Waals surface area contributed by atoms with E-state index in [9.17, 15) is 14.0 Å². The van der Waals surface area contributed by atoms with Crippen LogP contribution in [0.15, 0.2) is 48.5 Å². The first kappa shape index (κ1) is 18.3. The molecule has 1 amide bonds. The minimum absolute atomic E-state index is 0.00138. The molecule has 0 aliphatic rings. The molecule has 0 heterocycles. The van der Waals surface area contributed by atoms with Crippen molar-refractivity contribution in [1.82, 2.24) is 5.32 Å². The predicted octanol–water partition coefficient (Wildman–Crippen LogP) is 2.19. The first-order chi connectivity index (χ1) is 12.1. The molecule has 0 atom stereocenters. The number of carbonyl (C=O) groups is 2. The minimum Gasteiger partial charge on any atom is -0.494 e. The number of ether oxygens (including phenoxy) is 3. The Balaban J connectivity index is 1.69. The van der Waals surface area contributed by atoms with Gasteiger partial charge in [0, 0.05) is 0 Å². The highest BCUT2D eigenvalue weighted by Crippen LogP contribution is 2.18. The Hall–Kier alpha value is -3.09. The summed E-state index contributed by atoms with van der Waals surface area (Å²) in [6.07, 6.45) is 0. The van der Waals surface area contributed by atoms with Gasteiger partial charge >= 0.3 is 5.97 Å². The maximum absolute atomic E-state index is 13.5. The lowest BCUT2D eigenvalue weighted by molar-refractivity contribution is -0.124. The Kier molecular flexibility index (Phi) is 6.76. The molecule has 0 saturated carbocycles. The Morgan fingerprint density at radius 3 is 2.56 bits per heavy atom. The number of rotatable bonds is 8. The van der Waals surface area contributed by atoms with Crippen LogP contribution in [0.2, 0.25) is 0 Å². The molecular weight excluding hydrogens is 329 g/mol. The number of nitrogens with one attached hydrogen (secondary N) is 1. The Labute approximate surface area is 144 Å². The molecule has 0 aromatic heterocycles. The monoisotopic (exact) mass is 347 g/mol. The normalized spacial score (nSPS) is 10.0. The van der Waals surface area contributed by atoms with Gasteiger partial charge in [-0.1, -0.05) is 18.2 Å². The Morgan fingerprint density at radius 2 is 1.88 bits per heavy atom. The van der Waals surface area contributed by atoms with Gasteiger partial charge < -0.3 is 19.5 Å². The van der Waals surface area contributed by atoms with Crippen LogP contribution in [0, 0.1) is 5.82 Å². The van der Waals surface area contributed by atoms with Gasteiger partial charge in [-0.05, 0) is 30.3 Å². The van der Waals surface area contributed by atoms with Crippen LogP contribution in [-0.4, -0.2) is 38.7 Å². The highest BCUT2D eigenvalue weighted by Gasteiger charge is 2.13. The van der Waals surface area contributed by atoms with Crippen LogP contribution in [-0.2, 0) is 9.53 Å². The highest BCUT2D eigenvalue weighted by atomic mass is 19.1. The van der Waals surface area contributed by atoms with E-state index < -0.39 is 24.3 Å². The Bertz CT molecular complexity index is 721. The van der Waals surface area contributed by atoms with Crippen LogP contribution < -0.4 is 14.8 Å². The third kappa shape index (κ3) is 5.80. The lowest BCUT2D eigenvalue weighted by atomic mass is 10.2. The zero-order valence-electron chi connectivity index (χ0n) is 13.7. The summed E-state index contributed by atoms with van der Waals surface area (Å²) in [7, 11) is 1.32. The van der Waals surface area contributed by atoms with Gasteiger partial charge in [0.15, 0.2) is 18.2 Å². The van der Waals surface area contributed by atoms with Gasteiger partial charge in [-0.25, -0.2) is 9.18 Å². The molecule has 1 N–H and O–H groups in total. The van der Waals surface area contributed by atoms with E-state index in [0.29, 0.717) is 5.75 Å². The number of para-hydroxylation sites is 1. The summed E-state index contributed by atoms with van der Waals surface area (Å²) in [5, 5.41) is 2.55. The molecule has 0 radical (unpaired) electrons. The number of benzene rings is 2. The van der Waals surface area contributed by atoms with Gasteiger partial charge in [0.1, 0.15) is 12.4 Å². The minimum atomic E-state index is -0.794. The molecule has 0 aliphatic heterocycles. The molecule has 0 fully saturated rings. The third-order valence-corrected chi connectivity index (χ3v) is 3.16. The van der Waals surface area contributed by atoms with Crippen molar-refractivity contribution in [1.29, 1.82) is 0 Å². The fourth-order valence-corrected chi connectivity index (χ4v) is 1.93. The zero-order valence-corrected chi connectivity index (χ0v) is 13.7. The van der Waals surface area contributed by atoms with Crippen LogP contribution >= 0.6 is 0 Å². The summed E-state index contributed by atoms with van der Waals surface area (Å²) in [5.74, 6) is -1.23. The summed E-state index contributed by atoms with van der Waals surface area (Å²) in [5.41, 5.74) is -0.00138. The van der Waals surface area contributed by atoms with E-state index in [-0.39, 0.29) is 24.5 Å². The lowest BCUT2D eigenvalue weighted by Gasteiger charge is -2.08. The SMILES string of the molecule is COc1ccc(C(=O)OCC(=O)NCCOc2ccccc2)cc1F. The molecule has 2 aromatic carbocycles. The second-order valence-corrected chi connectivity index (χ2v) is 4.94. The van der Waals surface area contributed by atoms with Gasteiger partial charge in [0.05, 0.1) is 19.2 Å². The van der Waals surface area contributed by atoms with Crippen molar-refractivity contribution >= 4 is 11.9 Å². The largest absolute Gasteiger partial charge is 0.494 e. The molecule has 2 rings (SSSR count). The third-order valence-electron chi connectivity index (χ3n) is 3.16. The van der Waals surface area contributed by atoms with E-state index in [0.717, 1.165) is 6.07 Å². The fourth-order valence-electron chi connectivity index (χ4n) is 1.93. The zero-order chi connectivity index (χ0) is 18.1. The average molecular weight is 347 g/mol. The molecule has 0 aliphatic carbocycles. The van der Waals surface area contributed by atoms with Crippen molar-refractivity contribution < 1.29 is 28.2 Å². The van der Waals surface area contributed by atoms with Crippen molar-refractivity contribution in [2.45, 2.75) is 0 Å². The molecule has 25 heavy (non-hydrogen) atoms. The second-order valence-electron chi connectivity index (χ2n) is 4.94. The van der Waals surface area contributed by atoms with Crippen molar-refractivity contribution in [2.24, 2.45) is 0 Å². The smallest absolute Gasteiger partial charge is 0.338 e. The summed E-state index contributed by atoms with van der Waals surface area (Å²) in [4.78, 5) is 23.4. The van der Waals surface area contributed by atoms with Crippen LogP contribution in [0.25, 0.3) is 0 Å². The van der Waals surface area contributed by atoms with Crippen LogP contribution in [0.4, 0.5) is 4.39 Å². The summed E-state index contributed by atoms with van der Waals surface area (Å²) >= 11 is 0. The van der Waals surface area contributed by atoms with Crippen LogP contribution in [0.5, 0.6) is 11.5 Å². The van der Waals surface area contributed by atoms with E-state index >= 15 is 0 Å². The van der Waals surface area contributed by atoms with Crippen molar-refractivity contribution in [3.63, 3.8) is 0 Å². The quantitative estimate of drug-likeness (QED) is 0.585. The summed E-state index contributed by atoms with van der Waals surface area (Å²) < 4.78 is 28.5. The van der Waals surface area contributed by atoms with Crippen LogP contribution in [0.3, 0.4) is 0 Å². The maximum Gasteiger partial charge on any atom is 0.338 e. The summed E-state index contributed by atoms with van der Waals surface area (Å²) in [6, 6.07) is 12.8. The number of halogens is 1. The molecule has 6 nitrogen and oxygen atoms in total. The summed E-state index contributed by atoms with van der Waals surface area (Å²) in [6.45, 7) is 0.0909. The molecule has 0 spiro atoms. The van der Waals surface area contributed by atoms with Gasteiger partial charge in [-0.15, -0.1) is 0 Å². The standard InChI is InChI=1S/C18H18FNO5/c1-23-16-8-7-13(11-15(16)19)18(22)25-12-17(21)20-9-10-24-14-5-3-2-4-6-14/h2-8,11H,9-10,12H2,1H3,(H,20,21). The maximum atomic E-state index is 13.5. The second kappa shape index (κ2) is 9.27. The lowest BCUT2D eigenvalue weighted by Crippen LogP contribution is -2.32.